The molecule has 0 aliphatic carbocycles. The maximum atomic E-state index is 11.1. The number of rotatable bonds is 10. The molecule has 9 nitrogen and oxygen atoms in total. The van der Waals surface area contributed by atoms with Gasteiger partial charge in [0.15, 0.2) is 0 Å². The first-order valence-electron chi connectivity index (χ1n) is 5.57. The van der Waals surface area contributed by atoms with E-state index < -0.39 is 37.3 Å². The first kappa shape index (κ1) is 17.4. The van der Waals surface area contributed by atoms with Gasteiger partial charge in [-0.15, -0.1) is 0 Å². The van der Waals surface area contributed by atoms with Crippen LogP contribution in [-0.4, -0.2) is 65.8 Å². The molecule has 0 bridgehead atoms. The zero-order valence-corrected chi connectivity index (χ0v) is 10.2. The van der Waals surface area contributed by atoms with Crippen molar-refractivity contribution in [3.8, 4) is 0 Å². The number of esters is 2. The van der Waals surface area contributed by atoms with Crippen LogP contribution in [0.4, 0.5) is 0 Å². The zero-order valence-electron chi connectivity index (χ0n) is 10.2. The molecule has 2 unspecified atom stereocenters. The van der Waals surface area contributed by atoms with Gasteiger partial charge < -0.3 is 24.8 Å². The average molecular weight is 279 g/mol. The van der Waals surface area contributed by atoms with Crippen LogP contribution >= 0.6 is 0 Å². The highest BCUT2D eigenvalue weighted by atomic mass is 16.5. The predicted octanol–water partition coefficient (Wildman–Crippen LogP) is -1.67. The molecule has 0 aliphatic rings. The highest BCUT2D eigenvalue weighted by Crippen LogP contribution is 1.99. The molecule has 0 rings (SSSR count). The molecular formula is C10H17NO8. The number of ether oxygens (including phenoxy) is 2. The van der Waals surface area contributed by atoms with Crippen molar-refractivity contribution in [3.63, 3.8) is 0 Å². The van der Waals surface area contributed by atoms with Gasteiger partial charge in [0, 0.05) is 0 Å². The number of aliphatic hydroxyl groups is 3. The SMILES string of the molecule is O=NC(CO)COC(=O)CCC(=O)OCC(O)CO. The molecule has 0 spiro atoms. The minimum absolute atomic E-state index is 0.255. The van der Waals surface area contributed by atoms with E-state index in [9.17, 15) is 14.5 Å². The lowest BCUT2D eigenvalue weighted by Gasteiger charge is -2.09. The largest absolute Gasteiger partial charge is 0.463 e. The predicted molar refractivity (Wildman–Crippen MR) is 60.9 cm³/mol. The summed E-state index contributed by atoms with van der Waals surface area (Å²) < 4.78 is 9.14. The third kappa shape index (κ3) is 9.05. The summed E-state index contributed by atoms with van der Waals surface area (Å²) in [6, 6.07) is -1.02. The number of nitroso groups, excluding NO2 is 1. The Morgan fingerprint density at radius 3 is 1.95 bits per heavy atom. The fraction of sp³-hybridized carbons (Fsp3) is 0.800. The fourth-order valence-electron chi connectivity index (χ4n) is 0.896. The Morgan fingerprint density at radius 1 is 1.00 bits per heavy atom. The van der Waals surface area contributed by atoms with E-state index >= 15 is 0 Å². The molecule has 0 saturated carbocycles. The zero-order chi connectivity index (χ0) is 14.7. The Balaban J connectivity index is 3.72. The summed E-state index contributed by atoms with van der Waals surface area (Å²) in [7, 11) is 0. The molecule has 110 valence electrons. The third-order valence-electron chi connectivity index (χ3n) is 1.98. The molecule has 0 amide bonds. The van der Waals surface area contributed by atoms with Crippen molar-refractivity contribution in [2.24, 2.45) is 5.18 Å². The van der Waals surface area contributed by atoms with E-state index in [1.165, 1.54) is 0 Å². The molecule has 19 heavy (non-hydrogen) atoms. The Morgan fingerprint density at radius 2 is 1.53 bits per heavy atom. The summed E-state index contributed by atoms with van der Waals surface area (Å²) >= 11 is 0. The van der Waals surface area contributed by atoms with Gasteiger partial charge in [0.1, 0.15) is 25.4 Å². The van der Waals surface area contributed by atoms with E-state index in [2.05, 4.69) is 14.7 Å². The first-order valence-corrected chi connectivity index (χ1v) is 5.57. The lowest BCUT2D eigenvalue weighted by molar-refractivity contribution is -0.152. The first-order chi connectivity index (χ1) is 9.03. The van der Waals surface area contributed by atoms with Gasteiger partial charge in [0.2, 0.25) is 0 Å². The summed E-state index contributed by atoms with van der Waals surface area (Å²) in [5.41, 5.74) is 0. The van der Waals surface area contributed by atoms with Crippen LogP contribution in [-0.2, 0) is 19.1 Å². The molecule has 0 heterocycles. The van der Waals surface area contributed by atoms with E-state index in [-0.39, 0.29) is 26.1 Å². The van der Waals surface area contributed by atoms with Gasteiger partial charge in [0.25, 0.3) is 0 Å². The quantitative estimate of drug-likeness (QED) is 0.318. The van der Waals surface area contributed by atoms with Gasteiger partial charge in [-0.3, -0.25) is 9.59 Å². The minimum Gasteiger partial charge on any atom is -0.463 e. The monoisotopic (exact) mass is 279 g/mol. The van der Waals surface area contributed by atoms with Crippen LogP contribution in [0.1, 0.15) is 12.8 Å². The average Bonchev–Trinajstić information content (AvgIpc) is 2.43. The van der Waals surface area contributed by atoms with Gasteiger partial charge in [-0.05, 0) is 0 Å². The Labute approximate surface area is 109 Å². The summed E-state index contributed by atoms with van der Waals surface area (Å²) in [5, 5.41) is 28.5. The molecule has 0 radical (unpaired) electrons. The van der Waals surface area contributed by atoms with Gasteiger partial charge >= 0.3 is 11.9 Å². The minimum atomic E-state index is -1.15. The Bertz CT molecular complexity index is 295. The van der Waals surface area contributed by atoms with Crippen molar-refractivity contribution in [2.75, 3.05) is 26.4 Å². The summed E-state index contributed by atoms with van der Waals surface area (Å²) in [4.78, 5) is 32.3. The van der Waals surface area contributed by atoms with Crippen LogP contribution < -0.4 is 0 Å². The van der Waals surface area contributed by atoms with Crippen LogP contribution in [0.3, 0.4) is 0 Å². The standard InChI is InChI=1S/C10H17NO8/c12-3-7(11-17)5-18-9(15)1-2-10(16)19-6-8(14)4-13/h7-8,12-14H,1-6H2. The van der Waals surface area contributed by atoms with E-state index in [1.807, 2.05) is 0 Å². The molecule has 3 N–H and O–H groups in total. The van der Waals surface area contributed by atoms with Crippen molar-refractivity contribution >= 4 is 11.9 Å². The number of hydrogen-bond donors (Lipinski definition) is 3. The number of nitrogens with zero attached hydrogens (tertiary/aromatic N) is 1. The van der Waals surface area contributed by atoms with Crippen molar-refractivity contribution in [1.82, 2.24) is 0 Å². The maximum Gasteiger partial charge on any atom is 0.306 e. The molecule has 0 aromatic heterocycles. The van der Waals surface area contributed by atoms with Crippen molar-refractivity contribution in [2.45, 2.75) is 25.0 Å². The number of carbonyl (C=O) groups is 2. The second-order valence-electron chi connectivity index (χ2n) is 3.64. The van der Waals surface area contributed by atoms with Crippen LogP contribution in [0.2, 0.25) is 0 Å². The maximum absolute atomic E-state index is 11.1. The lowest BCUT2D eigenvalue weighted by Crippen LogP contribution is -2.23. The van der Waals surface area contributed by atoms with Gasteiger partial charge in [-0.2, -0.15) is 4.91 Å². The molecule has 0 aromatic carbocycles. The number of aliphatic hydroxyl groups excluding tert-OH is 3. The molecule has 2 atom stereocenters. The van der Waals surface area contributed by atoms with Gasteiger partial charge in [-0.1, -0.05) is 5.18 Å². The number of hydrogen-bond acceptors (Lipinski definition) is 9. The van der Waals surface area contributed by atoms with E-state index in [4.69, 9.17) is 15.3 Å². The highest BCUT2D eigenvalue weighted by Gasteiger charge is 2.14. The molecule has 0 aromatic rings. The van der Waals surface area contributed by atoms with Crippen LogP contribution in [0, 0.1) is 4.91 Å². The van der Waals surface area contributed by atoms with Crippen LogP contribution in [0.25, 0.3) is 0 Å². The number of carbonyl (C=O) groups excluding carboxylic acids is 2. The van der Waals surface area contributed by atoms with Gasteiger partial charge in [-0.25, -0.2) is 0 Å². The van der Waals surface area contributed by atoms with Crippen LogP contribution in [0.15, 0.2) is 5.18 Å². The van der Waals surface area contributed by atoms with Crippen LogP contribution in [0.5, 0.6) is 0 Å². The van der Waals surface area contributed by atoms with Crippen molar-refractivity contribution in [3.05, 3.63) is 4.91 Å². The van der Waals surface area contributed by atoms with Gasteiger partial charge in [0.05, 0.1) is 26.1 Å². The van der Waals surface area contributed by atoms with E-state index in [0.29, 0.717) is 0 Å². The highest BCUT2D eigenvalue weighted by molar-refractivity contribution is 5.77. The van der Waals surface area contributed by atoms with Crippen molar-refractivity contribution in [1.29, 1.82) is 0 Å². The smallest absolute Gasteiger partial charge is 0.306 e. The summed E-state index contributed by atoms with van der Waals surface area (Å²) in [6.45, 7) is -1.77. The molecule has 0 fully saturated rings. The van der Waals surface area contributed by atoms with Crippen molar-refractivity contribution < 1.29 is 34.4 Å². The van der Waals surface area contributed by atoms with E-state index in [1.54, 1.807) is 0 Å². The summed E-state index contributed by atoms with van der Waals surface area (Å²) in [6.07, 6.45) is -1.67. The van der Waals surface area contributed by atoms with E-state index in [0.717, 1.165) is 0 Å². The normalized spacial score (nSPS) is 13.4. The molecule has 0 saturated heterocycles. The third-order valence-corrected chi connectivity index (χ3v) is 1.98. The lowest BCUT2D eigenvalue weighted by atomic mass is 10.3. The molecular weight excluding hydrogens is 262 g/mol. The summed E-state index contributed by atoms with van der Waals surface area (Å²) in [5.74, 6) is -1.46. The topological polar surface area (TPSA) is 143 Å². The Hall–Kier alpha value is -1.58. The second kappa shape index (κ2) is 10.4. The Kier molecular flexibility index (Phi) is 9.49. The second-order valence-corrected chi connectivity index (χ2v) is 3.64. The fourth-order valence-corrected chi connectivity index (χ4v) is 0.896. The molecule has 9 heteroatoms. The molecule has 0 aliphatic heterocycles.